The summed E-state index contributed by atoms with van der Waals surface area (Å²) in [4.78, 5) is 0. The molecular formula is C69H71BMo2O13P4. The number of hydrogen-bond acceptors (Lipinski definition) is 13. The summed E-state index contributed by atoms with van der Waals surface area (Å²) in [6.45, 7) is 19.5. The Kier molecular flexibility index (Phi) is 17.8. The van der Waals surface area contributed by atoms with Crippen molar-refractivity contribution in [3.05, 3.63) is 192 Å². The number of aromatic hydroxyl groups is 4. The van der Waals surface area contributed by atoms with E-state index in [9.17, 15) is 25.5 Å². The van der Waals surface area contributed by atoms with E-state index in [2.05, 4.69) is 169 Å². The van der Waals surface area contributed by atoms with Gasteiger partial charge in [-0.25, -0.2) is 0 Å². The summed E-state index contributed by atoms with van der Waals surface area (Å²) in [5.74, 6) is -0.762. The Bertz CT molecular complexity index is 4190. The topological polar surface area (TPSA) is 175 Å². The van der Waals surface area contributed by atoms with Crippen LogP contribution in [0.4, 0.5) is 0 Å². The van der Waals surface area contributed by atoms with Gasteiger partial charge in [0.2, 0.25) is 0 Å². The molecule has 8 aromatic rings. The van der Waals surface area contributed by atoms with E-state index in [4.69, 9.17) is 37.0 Å². The van der Waals surface area contributed by atoms with E-state index >= 15 is 0 Å². The number of fused-ring (bicyclic) bond motifs is 4. The minimum absolute atomic E-state index is 0.00649. The van der Waals surface area contributed by atoms with Gasteiger partial charge in [0.15, 0.2) is 5.75 Å². The van der Waals surface area contributed by atoms with Crippen molar-refractivity contribution in [1.29, 1.82) is 0 Å². The zero-order valence-corrected chi connectivity index (χ0v) is 59.6. The first-order valence-corrected chi connectivity index (χ1v) is 33.4. The van der Waals surface area contributed by atoms with Gasteiger partial charge in [0.25, 0.3) is 0 Å². The van der Waals surface area contributed by atoms with Crippen molar-refractivity contribution >= 4 is 59.1 Å². The molecule has 4 heterocycles. The molecule has 4 aliphatic heterocycles. The molecule has 8 aromatic carbocycles. The number of hydrogen-bond donors (Lipinski definition) is 5. The van der Waals surface area contributed by atoms with E-state index < -0.39 is 42.2 Å². The second kappa shape index (κ2) is 24.8. The summed E-state index contributed by atoms with van der Waals surface area (Å²) in [6.07, 6.45) is -3.34. The third kappa shape index (κ3) is 10.8. The van der Waals surface area contributed by atoms with E-state index in [1.165, 1.54) is 34.4 Å². The Morgan fingerprint density at radius 1 is 0.449 bits per heavy atom. The van der Waals surface area contributed by atoms with Gasteiger partial charge in [-0.05, 0) is 0 Å². The first kappa shape index (κ1) is 63.6. The molecule has 20 heteroatoms. The molecule has 89 heavy (non-hydrogen) atoms. The van der Waals surface area contributed by atoms with Crippen LogP contribution in [0.2, 0.25) is 0 Å². The van der Waals surface area contributed by atoms with Crippen LogP contribution in [0.5, 0.6) is 69.0 Å². The molecule has 0 aliphatic carbocycles. The maximum absolute atomic E-state index is 13.9. The SMILES string of the molecule is Bc1c(O)c(C2c3c(OP)cc(OP)cc3OC(c3ccc(OP)c(OP)c3)C2O)c(O)c2c1OC(c1ccc(O)c(O)c1)C(C)C2c1[c]([Mo])cc(C)c2c1OC(c1ccc(C)c(C)c1)C(C)C2c1[c]([Mo])cc(C)c2c1OC(c1ccc(C)c(C)c1)C(C)C2. The Labute approximate surface area is 552 Å². The van der Waals surface area contributed by atoms with Crippen molar-refractivity contribution in [2.24, 2.45) is 17.8 Å². The van der Waals surface area contributed by atoms with Crippen molar-refractivity contribution in [2.75, 3.05) is 0 Å². The van der Waals surface area contributed by atoms with Gasteiger partial charge in [-0.3, -0.25) is 0 Å². The molecule has 0 saturated carbocycles. The molecule has 13 nitrogen and oxygen atoms in total. The molecule has 15 atom stereocenters. The monoisotopic (exact) mass is 1440 g/mol. The van der Waals surface area contributed by atoms with Gasteiger partial charge in [0.05, 0.1) is 28.4 Å². The molecule has 0 amide bonds. The predicted octanol–water partition coefficient (Wildman–Crippen LogP) is 12.4. The Balaban J connectivity index is 1.14. The molecule has 12 rings (SSSR count). The summed E-state index contributed by atoms with van der Waals surface area (Å²) in [5, 5.41) is 62.2. The van der Waals surface area contributed by atoms with Crippen molar-refractivity contribution in [1.82, 2.24) is 0 Å². The Morgan fingerprint density at radius 3 is 1.60 bits per heavy atom. The summed E-state index contributed by atoms with van der Waals surface area (Å²) in [6, 6.07) is 30.9. The van der Waals surface area contributed by atoms with Crippen molar-refractivity contribution in [3.8, 4) is 69.0 Å². The van der Waals surface area contributed by atoms with Crippen molar-refractivity contribution in [2.45, 2.75) is 117 Å². The summed E-state index contributed by atoms with van der Waals surface area (Å²) in [7, 11) is 10.7. The van der Waals surface area contributed by atoms with Crippen molar-refractivity contribution in [3.63, 3.8) is 0 Å². The van der Waals surface area contributed by atoms with Crippen molar-refractivity contribution < 1.29 is 102 Å². The van der Waals surface area contributed by atoms with E-state index in [1.54, 1.807) is 44.2 Å². The van der Waals surface area contributed by atoms with Gasteiger partial charge in [-0.15, -0.1) is 0 Å². The number of aliphatic hydroxyl groups is 1. The predicted molar refractivity (Wildman–Crippen MR) is 352 cm³/mol. The standard InChI is InChI=1S/C69H71BO13P4.2Mo/c1-29-10-14-38(22-33(29)5)63-35(7)24-45-31(3)12-18-43(67(45)77-63)53-36(8)64(39-15-11-30(2)34(6)23-39)78-68-44(19-13-32(4)52(53)68)54-37(9)65(40-16-20-46(71)47(72)25-40)79-69-58(54)60(73)57(61(74)59(69)70)56-55-50(27-42(80-84)28-51(55)83-87)76-66(62(56)75)41-17-21-48(81-85)49(26-41)82-86;;/h10-17,20-23,25-28,35-37,53-54,56,62-66,71-75H,24,70,84-87H2,1-9H3;;. The summed E-state index contributed by atoms with van der Waals surface area (Å²) >= 11 is 4.06. The summed E-state index contributed by atoms with van der Waals surface area (Å²) in [5.41, 5.74) is 15.2. The van der Waals surface area contributed by atoms with Crippen LogP contribution in [0.25, 0.3) is 0 Å². The van der Waals surface area contributed by atoms with Crippen LogP contribution in [-0.4, -0.2) is 39.5 Å². The molecule has 0 spiro atoms. The van der Waals surface area contributed by atoms with Crippen LogP contribution in [0.3, 0.4) is 0 Å². The zero-order chi connectivity index (χ0) is 63.5. The molecule has 0 aromatic heterocycles. The quantitative estimate of drug-likeness (QED) is 0.0470. The maximum atomic E-state index is 13.9. The second-order valence-corrected chi connectivity index (χ2v) is 27.8. The minimum atomic E-state index is -1.51. The van der Waals surface area contributed by atoms with Crippen LogP contribution < -0.4 is 50.4 Å². The number of ether oxygens (including phenoxy) is 4. The summed E-state index contributed by atoms with van der Waals surface area (Å²) < 4.78 is 54.3. The fourth-order valence-corrected chi connectivity index (χ4v) is 17.1. The van der Waals surface area contributed by atoms with Gasteiger partial charge in [0, 0.05) is 0 Å². The van der Waals surface area contributed by atoms with Gasteiger partial charge in [-0.2, -0.15) is 0 Å². The molecule has 15 unspecified atom stereocenters. The number of aryl methyl sites for hydroxylation is 6. The van der Waals surface area contributed by atoms with Crippen LogP contribution in [-0.2, 0) is 46.0 Å². The average molecular weight is 1430 g/mol. The molecule has 5 N–H and O–H groups in total. The number of rotatable bonds is 11. The molecule has 4 aliphatic rings. The van der Waals surface area contributed by atoms with E-state index in [-0.39, 0.29) is 75.1 Å². The fourth-order valence-electron chi connectivity index (χ4n) is 14.4. The fraction of sp³-hybridized carbons (Fsp3) is 0.304. The first-order valence-electron chi connectivity index (χ1n) is 29.6. The third-order valence-corrected chi connectivity index (χ3v) is 22.0. The molecule has 0 saturated heterocycles. The molecule has 460 valence electrons. The number of benzene rings is 8. The molecule has 0 bridgehead atoms. The van der Waals surface area contributed by atoms with Gasteiger partial charge in [0.1, 0.15) is 0 Å². The van der Waals surface area contributed by atoms with E-state index in [0.717, 1.165) is 64.6 Å². The number of aliphatic hydroxyl groups excluding tert-OH is 1. The van der Waals surface area contributed by atoms with Crippen LogP contribution in [0, 0.1) is 59.3 Å². The molecular weight excluding hydrogens is 1360 g/mol. The molecule has 0 fully saturated rings. The van der Waals surface area contributed by atoms with Crippen LogP contribution >= 0.6 is 37.9 Å². The average Bonchev–Trinajstić information content (AvgIpc) is 0.719. The van der Waals surface area contributed by atoms with Crippen LogP contribution in [0.15, 0.2) is 97.1 Å². The second-order valence-electron chi connectivity index (χ2n) is 24.7. The third-order valence-electron chi connectivity index (χ3n) is 19.3. The van der Waals surface area contributed by atoms with Crippen LogP contribution in [0.1, 0.15) is 158 Å². The Morgan fingerprint density at radius 2 is 0.989 bits per heavy atom. The first-order chi connectivity index (χ1) is 42.5. The molecule has 0 radical (unpaired) electrons. The van der Waals surface area contributed by atoms with Gasteiger partial charge in [-0.1, -0.05) is 0 Å². The normalized spacial score (nSPS) is 23.2. The van der Waals surface area contributed by atoms with E-state index in [0.29, 0.717) is 45.3 Å². The zero-order valence-electron chi connectivity index (χ0n) is 50.9. The number of phenols is 4. The van der Waals surface area contributed by atoms with E-state index in [1.807, 2.05) is 19.8 Å². The van der Waals surface area contributed by atoms with Gasteiger partial charge >= 0.3 is 513 Å². The Hall–Kier alpha value is -5.52. The number of phenolic OH excluding ortho intramolecular Hbond substituents is 4. The van der Waals surface area contributed by atoms with Gasteiger partial charge < -0.3 is 9.05 Å².